The molecule has 0 aromatic heterocycles. The zero-order valence-corrected chi connectivity index (χ0v) is 22.2. The van der Waals surface area contributed by atoms with E-state index in [1.807, 2.05) is 61.2 Å². The molecular formula is C26H23BrClN3O3S. The van der Waals surface area contributed by atoms with Gasteiger partial charge in [-0.15, -0.1) is 0 Å². The van der Waals surface area contributed by atoms with Crippen molar-refractivity contribution in [1.29, 1.82) is 0 Å². The fraction of sp³-hybridized carbons (Fsp3) is 0.231. The van der Waals surface area contributed by atoms with Gasteiger partial charge in [-0.1, -0.05) is 45.7 Å². The molecule has 1 amide bonds. The normalized spacial score (nSPS) is 22.5. The predicted molar refractivity (Wildman–Crippen MR) is 145 cm³/mol. The molecule has 35 heavy (non-hydrogen) atoms. The molecule has 2 N–H and O–H groups in total. The average Bonchev–Trinajstić information content (AvgIpc) is 2.81. The van der Waals surface area contributed by atoms with Crippen molar-refractivity contribution in [3.8, 4) is 11.5 Å². The topological polar surface area (TPSA) is 62.8 Å². The zero-order chi connectivity index (χ0) is 24.7. The quantitative estimate of drug-likeness (QED) is 0.350. The monoisotopic (exact) mass is 571 g/mol. The molecule has 3 aromatic rings. The van der Waals surface area contributed by atoms with Crippen molar-refractivity contribution < 1.29 is 14.3 Å². The second-order valence-corrected chi connectivity index (χ2v) is 10.2. The fourth-order valence-corrected chi connectivity index (χ4v) is 5.72. The molecule has 0 radical (unpaired) electrons. The molecule has 0 spiro atoms. The average molecular weight is 573 g/mol. The summed E-state index contributed by atoms with van der Waals surface area (Å²) >= 11 is 15.4. The smallest absolute Gasteiger partial charge is 0.236 e. The van der Waals surface area contributed by atoms with Crippen molar-refractivity contribution >= 4 is 62.1 Å². The SMILES string of the molecule is CCOc1cccc2c1O[C@]1(C)[C@H](C(=O)Nc3ccc(Cl)cc3)[C@@H]2NC(=S)N1c1cccc(Br)c1. The highest BCUT2D eigenvalue weighted by molar-refractivity contribution is 9.10. The molecule has 2 bridgehead atoms. The van der Waals surface area contributed by atoms with Crippen molar-refractivity contribution in [2.45, 2.75) is 25.6 Å². The Labute approximate surface area is 222 Å². The van der Waals surface area contributed by atoms with Gasteiger partial charge in [-0.2, -0.15) is 0 Å². The molecule has 2 aliphatic heterocycles. The Morgan fingerprint density at radius 2 is 1.97 bits per heavy atom. The maximum Gasteiger partial charge on any atom is 0.236 e. The van der Waals surface area contributed by atoms with Gasteiger partial charge in [-0.05, 0) is 74.6 Å². The number of rotatable bonds is 5. The second kappa shape index (κ2) is 9.33. The third-order valence-electron chi connectivity index (χ3n) is 6.25. The standard InChI is InChI=1S/C26H23BrClN3O3S/c1-3-33-20-9-5-8-19-22-21(24(32)29-17-12-10-16(28)11-13-17)26(2,34-23(19)20)31(25(35)30-22)18-7-4-6-15(27)14-18/h4-14,21-22H,3H2,1-2H3,(H,29,32)(H,30,35)/t21-,22+,26+/m0/s1. The fourth-order valence-electron chi connectivity index (χ4n) is 4.80. The summed E-state index contributed by atoms with van der Waals surface area (Å²) in [5.41, 5.74) is 1.11. The maximum atomic E-state index is 13.9. The van der Waals surface area contributed by atoms with E-state index >= 15 is 0 Å². The number of fused-ring (bicyclic) bond motifs is 4. The van der Waals surface area contributed by atoms with Gasteiger partial charge in [0.2, 0.25) is 5.91 Å². The van der Waals surface area contributed by atoms with E-state index in [2.05, 4.69) is 26.6 Å². The van der Waals surface area contributed by atoms with Crippen LogP contribution in [0.3, 0.4) is 0 Å². The van der Waals surface area contributed by atoms with E-state index < -0.39 is 17.7 Å². The van der Waals surface area contributed by atoms with Crippen LogP contribution in [-0.2, 0) is 4.79 Å². The van der Waals surface area contributed by atoms with Gasteiger partial charge in [0.1, 0.15) is 5.92 Å². The highest BCUT2D eigenvalue weighted by Crippen LogP contribution is 2.52. The molecule has 0 unspecified atom stereocenters. The van der Waals surface area contributed by atoms with Gasteiger partial charge in [-0.25, -0.2) is 0 Å². The number of hydrogen-bond acceptors (Lipinski definition) is 4. The number of amides is 1. The molecule has 6 nitrogen and oxygen atoms in total. The number of carbonyl (C=O) groups is 1. The van der Waals surface area contributed by atoms with Crippen LogP contribution in [0.5, 0.6) is 11.5 Å². The lowest BCUT2D eigenvalue weighted by Crippen LogP contribution is -2.72. The van der Waals surface area contributed by atoms with Crippen LogP contribution in [-0.4, -0.2) is 23.4 Å². The van der Waals surface area contributed by atoms with Gasteiger partial charge < -0.3 is 20.1 Å². The van der Waals surface area contributed by atoms with Crippen molar-refractivity contribution in [1.82, 2.24) is 5.32 Å². The molecular weight excluding hydrogens is 550 g/mol. The van der Waals surface area contributed by atoms with E-state index in [0.717, 1.165) is 15.7 Å². The van der Waals surface area contributed by atoms with Gasteiger partial charge >= 0.3 is 0 Å². The molecule has 2 aliphatic rings. The van der Waals surface area contributed by atoms with Crippen molar-refractivity contribution in [3.63, 3.8) is 0 Å². The van der Waals surface area contributed by atoms with Gasteiger partial charge in [0.15, 0.2) is 22.3 Å². The number of ether oxygens (including phenoxy) is 2. The summed E-state index contributed by atoms with van der Waals surface area (Å²) in [6.07, 6.45) is 0. The molecule has 3 atom stereocenters. The lowest BCUT2D eigenvalue weighted by atomic mass is 9.78. The third-order valence-corrected chi connectivity index (χ3v) is 7.30. The summed E-state index contributed by atoms with van der Waals surface area (Å²) in [4.78, 5) is 15.7. The summed E-state index contributed by atoms with van der Waals surface area (Å²) in [5.74, 6) is 0.365. The first-order valence-electron chi connectivity index (χ1n) is 11.2. The first kappa shape index (κ1) is 23.9. The van der Waals surface area contributed by atoms with Crippen LogP contribution in [0.4, 0.5) is 11.4 Å². The van der Waals surface area contributed by atoms with E-state index in [-0.39, 0.29) is 5.91 Å². The van der Waals surface area contributed by atoms with Crippen molar-refractivity contribution in [2.75, 3.05) is 16.8 Å². The highest BCUT2D eigenvalue weighted by Gasteiger charge is 2.59. The summed E-state index contributed by atoms with van der Waals surface area (Å²) in [7, 11) is 0. The Balaban J connectivity index is 1.64. The summed E-state index contributed by atoms with van der Waals surface area (Å²) in [6, 6.07) is 20.0. The lowest BCUT2D eigenvalue weighted by molar-refractivity contribution is -0.130. The number of hydrogen-bond donors (Lipinski definition) is 2. The van der Waals surface area contributed by atoms with Crippen LogP contribution in [0.1, 0.15) is 25.5 Å². The predicted octanol–water partition coefficient (Wildman–Crippen LogP) is 6.30. The zero-order valence-electron chi connectivity index (χ0n) is 19.0. The minimum atomic E-state index is -1.15. The highest BCUT2D eigenvalue weighted by atomic mass is 79.9. The van der Waals surface area contributed by atoms with Gasteiger partial charge in [0.05, 0.1) is 12.6 Å². The number of nitrogens with zero attached hydrogens (tertiary/aromatic N) is 1. The van der Waals surface area contributed by atoms with E-state index in [1.54, 1.807) is 24.3 Å². The third kappa shape index (κ3) is 4.24. The van der Waals surface area contributed by atoms with Gasteiger partial charge in [-0.3, -0.25) is 9.69 Å². The Morgan fingerprint density at radius 3 is 2.69 bits per heavy atom. The Morgan fingerprint density at radius 1 is 1.23 bits per heavy atom. The van der Waals surface area contributed by atoms with Crippen molar-refractivity contribution in [3.05, 3.63) is 81.8 Å². The Bertz CT molecular complexity index is 1310. The molecule has 9 heteroatoms. The molecule has 1 saturated heterocycles. The minimum absolute atomic E-state index is 0.206. The van der Waals surface area contributed by atoms with Crippen LogP contribution in [0.25, 0.3) is 0 Å². The maximum absolute atomic E-state index is 13.9. The Hall–Kier alpha value is -2.81. The minimum Gasteiger partial charge on any atom is -0.490 e. The lowest BCUT2D eigenvalue weighted by Gasteiger charge is -2.56. The van der Waals surface area contributed by atoms with E-state index in [1.165, 1.54) is 0 Å². The first-order chi connectivity index (χ1) is 16.8. The molecule has 3 aromatic carbocycles. The van der Waals surface area contributed by atoms with Crippen LogP contribution in [0, 0.1) is 5.92 Å². The number of nitrogens with one attached hydrogen (secondary N) is 2. The Kier molecular flexibility index (Phi) is 6.38. The molecule has 0 aliphatic carbocycles. The molecule has 180 valence electrons. The van der Waals surface area contributed by atoms with Gasteiger partial charge in [0.25, 0.3) is 0 Å². The first-order valence-corrected chi connectivity index (χ1v) is 12.8. The summed E-state index contributed by atoms with van der Waals surface area (Å²) < 4.78 is 13.5. The van der Waals surface area contributed by atoms with E-state index in [9.17, 15) is 4.79 Å². The number of benzene rings is 3. The number of thiocarbonyl (C=S) groups is 1. The van der Waals surface area contributed by atoms with Gasteiger partial charge in [0, 0.05) is 26.4 Å². The van der Waals surface area contributed by atoms with Crippen LogP contribution < -0.4 is 25.0 Å². The molecule has 5 rings (SSSR count). The number of anilines is 2. The number of halogens is 2. The molecule has 0 saturated carbocycles. The number of carbonyl (C=O) groups excluding carboxylic acids is 1. The summed E-state index contributed by atoms with van der Waals surface area (Å²) in [5, 5.41) is 7.52. The second-order valence-electron chi connectivity index (χ2n) is 8.48. The van der Waals surface area contributed by atoms with Crippen LogP contribution in [0.15, 0.2) is 71.2 Å². The van der Waals surface area contributed by atoms with Crippen LogP contribution >= 0.6 is 39.7 Å². The van der Waals surface area contributed by atoms with Crippen LogP contribution in [0.2, 0.25) is 5.02 Å². The van der Waals surface area contributed by atoms with E-state index in [0.29, 0.717) is 33.9 Å². The van der Waals surface area contributed by atoms with Crippen molar-refractivity contribution in [2.24, 2.45) is 5.92 Å². The summed E-state index contributed by atoms with van der Waals surface area (Å²) in [6.45, 7) is 4.31. The largest absolute Gasteiger partial charge is 0.490 e. The molecule has 2 heterocycles. The van der Waals surface area contributed by atoms with E-state index in [4.69, 9.17) is 33.3 Å². The molecule has 1 fully saturated rings. The number of para-hydroxylation sites is 1.